The van der Waals surface area contributed by atoms with E-state index in [0.717, 1.165) is 11.1 Å². The van der Waals surface area contributed by atoms with Gasteiger partial charge >= 0.3 is 0 Å². The van der Waals surface area contributed by atoms with Crippen LogP contribution in [-0.4, -0.2) is 42.0 Å². The number of para-hydroxylation sites is 2. The number of piperidine rings is 1. The number of methoxy groups -OCH3 is 1. The second kappa shape index (κ2) is 8.33. The summed E-state index contributed by atoms with van der Waals surface area (Å²) in [5.41, 5.74) is 2.63. The van der Waals surface area contributed by atoms with Gasteiger partial charge in [0.15, 0.2) is 0 Å². The van der Waals surface area contributed by atoms with Gasteiger partial charge in [-0.05, 0) is 56.0 Å². The Hall–Kier alpha value is -3.02. The molecule has 6 heteroatoms. The minimum absolute atomic E-state index is 0.0426. The highest BCUT2D eigenvalue weighted by Crippen LogP contribution is 2.29. The summed E-state index contributed by atoms with van der Waals surface area (Å²) in [6.45, 7) is 4.66. The lowest BCUT2D eigenvalue weighted by Gasteiger charge is -2.31. The van der Waals surface area contributed by atoms with Crippen molar-refractivity contribution in [1.82, 2.24) is 4.90 Å². The van der Waals surface area contributed by atoms with E-state index >= 15 is 0 Å². The number of likely N-dealkylation sites (tertiary alicyclic amines) is 1. The third-order valence-electron chi connectivity index (χ3n) is 5.45. The molecule has 0 aliphatic carbocycles. The number of ether oxygens (including phenoxy) is 1. The Balaban J connectivity index is 1.62. The number of rotatable bonds is 4. The molecule has 1 aliphatic rings. The first-order valence-electron chi connectivity index (χ1n) is 9.44. The topological polar surface area (TPSA) is 78.9 Å². The van der Waals surface area contributed by atoms with Crippen LogP contribution in [0.25, 0.3) is 0 Å². The first-order chi connectivity index (χ1) is 13.4. The Morgan fingerprint density at radius 3 is 2.46 bits per heavy atom. The van der Waals surface area contributed by atoms with Gasteiger partial charge in [0.1, 0.15) is 11.5 Å². The molecule has 28 heavy (non-hydrogen) atoms. The fraction of sp³-hybridized carbons (Fsp3) is 0.364. The van der Waals surface area contributed by atoms with E-state index in [9.17, 15) is 14.7 Å². The van der Waals surface area contributed by atoms with Crippen molar-refractivity contribution in [3.05, 3.63) is 53.1 Å². The fourth-order valence-electron chi connectivity index (χ4n) is 3.47. The number of phenolic OH excluding ortho intramolecular Hbond substituents is 1. The van der Waals surface area contributed by atoms with E-state index in [1.54, 1.807) is 37.1 Å². The van der Waals surface area contributed by atoms with Gasteiger partial charge in [-0.1, -0.05) is 18.2 Å². The molecule has 0 atom stereocenters. The number of aromatic hydroxyl groups is 1. The second-order valence-corrected chi connectivity index (χ2v) is 7.16. The van der Waals surface area contributed by atoms with Crippen LogP contribution >= 0.6 is 0 Å². The number of phenols is 1. The van der Waals surface area contributed by atoms with Crippen LogP contribution < -0.4 is 10.1 Å². The molecule has 148 valence electrons. The molecule has 2 aromatic carbocycles. The smallest absolute Gasteiger partial charge is 0.257 e. The molecule has 0 bridgehead atoms. The van der Waals surface area contributed by atoms with Gasteiger partial charge in [-0.15, -0.1) is 0 Å². The predicted molar refractivity (Wildman–Crippen MR) is 108 cm³/mol. The number of nitrogens with one attached hydrogen (secondary N) is 1. The zero-order valence-corrected chi connectivity index (χ0v) is 16.5. The minimum atomic E-state index is -0.191. The summed E-state index contributed by atoms with van der Waals surface area (Å²) < 4.78 is 5.27. The monoisotopic (exact) mass is 382 g/mol. The molecule has 2 aromatic rings. The third kappa shape index (κ3) is 3.96. The Bertz CT molecular complexity index is 886. The van der Waals surface area contributed by atoms with E-state index in [0.29, 0.717) is 42.9 Å². The lowest BCUT2D eigenvalue weighted by atomic mass is 9.94. The summed E-state index contributed by atoms with van der Waals surface area (Å²) in [7, 11) is 1.57. The van der Waals surface area contributed by atoms with E-state index in [2.05, 4.69) is 5.32 Å². The molecule has 1 saturated heterocycles. The summed E-state index contributed by atoms with van der Waals surface area (Å²) in [5, 5.41) is 13.2. The molecule has 3 rings (SSSR count). The molecule has 1 heterocycles. The Morgan fingerprint density at radius 1 is 1.11 bits per heavy atom. The highest BCUT2D eigenvalue weighted by Gasteiger charge is 2.29. The number of anilines is 1. The first-order valence-corrected chi connectivity index (χ1v) is 9.44. The number of nitrogens with zero attached hydrogens (tertiary/aromatic N) is 1. The van der Waals surface area contributed by atoms with Crippen LogP contribution in [0.3, 0.4) is 0 Å². The number of amides is 2. The molecule has 2 N–H and O–H groups in total. The van der Waals surface area contributed by atoms with Gasteiger partial charge in [-0.25, -0.2) is 0 Å². The highest BCUT2D eigenvalue weighted by atomic mass is 16.5. The standard InChI is InChI=1S/C22H26N2O4/c1-14-8-9-17(20(25)15(14)2)22(27)24-12-10-16(11-13-24)21(26)23-18-6-4-5-7-19(18)28-3/h4-9,16,25H,10-13H2,1-3H3,(H,23,26). The average Bonchev–Trinajstić information content (AvgIpc) is 2.72. The van der Waals surface area contributed by atoms with Gasteiger partial charge in [0.05, 0.1) is 18.4 Å². The molecule has 0 aromatic heterocycles. The van der Waals surface area contributed by atoms with Crippen molar-refractivity contribution in [2.24, 2.45) is 5.92 Å². The number of benzene rings is 2. The summed E-state index contributed by atoms with van der Waals surface area (Å²) in [5.74, 6) is 0.242. The van der Waals surface area contributed by atoms with Crippen LogP contribution in [0.4, 0.5) is 5.69 Å². The average molecular weight is 382 g/mol. The van der Waals surface area contributed by atoms with Gasteiger partial charge < -0.3 is 20.1 Å². The SMILES string of the molecule is COc1ccccc1NC(=O)C1CCN(C(=O)c2ccc(C)c(C)c2O)CC1. The van der Waals surface area contributed by atoms with Gasteiger partial charge in [-0.2, -0.15) is 0 Å². The van der Waals surface area contributed by atoms with E-state index < -0.39 is 0 Å². The number of carbonyl (C=O) groups excluding carboxylic acids is 2. The maximum absolute atomic E-state index is 12.8. The maximum atomic E-state index is 12.8. The predicted octanol–water partition coefficient (Wildman–Crippen LogP) is 3.51. The molecule has 6 nitrogen and oxygen atoms in total. The van der Waals surface area contributed by atoms with E-state index in [1.807, 2.05) is 25.1 Å². The van der Waals surface area contributed by atoms with E-state index in [-0.39, 0.29) is 23.5 Å². The minimum Gasteiger partial charge on any atom is -0.507 e. The molecular weight excluding hydrogens is 356 g/mol. The van der Waals surface area contributed by atoms with E-state index in [4.69, 9.17) is 4.74 Å². The van der Waals surface area contributed by atoms with Gasteiger partial charge in [0.2, 0.25) is 5.91 Å². The van der Waals surface area contributed by atoms with Crippen molar-refractivity contribution >= 4 is 17.5 Å². The van der Waals surface area contributed by atoms with Crippen LogP contribution in [0.5, 0.6) is 11.5 Å². The molecule has 0 spiro atoms. The molecule has 0 radical (unpaired) electrons. The second-order valence-electron chi connectivity index (χ2n) is 7.16. The van der Waals surface area contributed by atoms with Crippen molar-refractivity contribution in [2.75, 3.05) is 25.5 Å². The third-order valence-corrected chi connectivity index (χ3v) is 5.45. The Kier molecular flexibility index (Phi) is 5.87. The maximum Gasteiger partial charge on any atom is 0.257 e. The van der Waals surface area contributed by atoms with Crippen molar-refractivity contribution < 1.29 is 19.4 Å². The molecule has 2 amide bonds. The number of hydrogen-bond acceptors (Lipinski definition) is 4. The quantitative estimate of drug-likeness (QED) is 0.848. The number of hydrogen-bond donors (Lipinski definition) is 2. The number of aryl methyl sites for hydroxylation is 1. The van der Waals surface area contributed by atoms with Crippen molar-refractivity contribution in [2.45, 2.75) is 26.7 Å². The summed E-state index contributed by atoms with van der Waals surface area (Å²) in [6, 6.07) is 10.8. The van der Waals surface area contributed by atoms with Gasteiger partial charge in [-0.3, -0.25) is 9.59 Å². The molecular formula is C22H26N2O4. The van der Waals surface area contributed by atoms with Crippen molar-refractivity contribution in [1.29, 1.82) is 0 Å². The summed E-state index contributed by atoms with van der Waals surface area (Å²) in [6.07, 6.45) is 1.16. The lowest BCUT2D eigenvalue weighted by molar-refractivity contribution is -0.121. The normalized spacial score (nSPS) is 14.6. The highest BCUT2D eigenvalue weighted by molar-refractivity contribution is 5.98. The first kappa shape index (κ1) is 19.7. The zero-order chi connectivity index (χ0) is 20.3. The summed E-state index contributed by atoms with van der Waals surface area (Å²) >= 11 is 0. The fourth-order valence-corrected chi connectivity index (χ4v) is 3.47. The van der Waals surface area contributed by atoms with Crippen LogP contribution in [0.2, 0.25) is 0 Å². The molecule has 0 saturated carbocycles. The largest absolute Gasteiger partial charge is 0.507 e. The van der Waals surface area contributed by atoms with Crippen LogP contribution in [0.15, 0.2) is 36.4 Å². The lowest BCUT2D eigenvalue weighted by Crippen LogP contribution is -2.41. The van der Waals surface area contributed by atoms with Gasteiger partial charge in [0, 0.05) is 19.0 Å². The van der Waals surface area contributed by atoms with Gasteiger partial charge in [0.25, 0.3) is 5.91 Å². The Morgan fingerprint density at radius 2 is 1.79 bits per heavy atom. The van der Waals surface area contributed by atoms with Crippen LogP contribution in [0.1, 0.15) is 34.3 Å². The molecule has 1 fully saturated rings. The van der Waals surface area contributed by atoms with E-state index in [1.165, 1.54) is 0 Å². The van der Waals surface area contributed by atoms with Crippen molar-refractivity contribution in [3.63, 3.8) is 0 Å². The molecule has 0 unspecified atom stereocenters. The summed E-state index contributed by atoms with van der Waals surface area (Å²) in [4.78, 5) is 27.1. The van der Waals surface area contributed by atoms with Crippen LogP contribution in [0, 0.1) is 19.8 Å². The zero-order valence-electron chi connectivity index (χ0n) is 16.5. The molecule has 1 aliphatic heterocycles. The van der Waals surface area contributed by atoms with Crippen molar-refractivity contribution in [3.8, 4) is 11.5 Å². The van der Waals surface area contributed by atoms with Crippen LogP contribution in [-0.2, 0) is 4.79 Å². The number of carbonyl (C=O) groups is 2. The Labute approximate surface area is 165 Å².